The van der Waals surface area contributed by atoms with Gasteiger partial charge in [-0.25, -0.2) is 4.98 Å². The lowest BCUT2D eigenvalue weighted by Gasteiger charge is -2.03. The van der Waals surface area contributed by atoms with Gasteiger partial charge in [0.2, 0.25) is 0 Å². The fourth-order valence-corrected chi connectivity index (χ4v) is 2.37. The van der Waals surface area contributed by atoms with Gasteiger partial charge in [-0.3, -0.25) is 4.98 Å². The Morgan fingerprint density at radius 1 is 1.41 bits per heavy atom. The molecular formula is C11H12BrN3OS. The van der Waals surface area contributed by atoms with E-state index in [1.54, 1.807) is 23.7 Å². The molecule has 0 amide bonds. The maximum absolute atomic E-state index is 5.61. The molecule has 0 saturated heterocycles. The summed E-state index contributed by atoms with van der Waals surface area (Å²) in [5.74, 6) is 0.748. The molecule has 4 nitrogen and oxygen atoms in total. The fourth-order valence-electron chi connectivity index (χ4n) is 1.23. The summed E-state index contributed by atoms with van der Waals surface area (Å²) in [6, 6.07) is 1.89. The molecule has 2 aromatic rings. The number of rotatable bonds is 5. The van der Waals surface area contributed by atoms with Crippen LogP contribution in [-0.2, 0) is 6.61 Å². The van der Waals surface area contributed by atoms with Crippen LogP contribution >= 0.6 is 27.3 Å². The van der Waals surface area contributed by atoms with Gasteiger partial charge in [0, 0.05) is 23.4 Å². The summed E-state index contributed by atoms with van der Waals surface area (Å²) in [4.78, 5) is 9.36. The van der Waals surface area contributed by atoms with E-state index in [1.807, 2.05) is 19.2 Å². The number of nitrogens with one attached hydrogen (secondary N) is 1. The molecule has 0 bridgehead atoms. The summed E-state index contributed by atoms with van der Waals surface area (Å²) in [5, 5.41) is 4.10. The second kappa shape index (κ2) is 5.97. The summed E-state index contributed by atoms with van der Waals surface area (Å²) < 4.78 is 6.52. The number of halogens is 1. The van der Waals surface area contributed by atoms with Crippen LogP contribution in [0.3, 0.4) is 0 Å². The first-order valence-corrected chi connectivity index (χ1v) is 6.81. The summed E-state index contributed by atoms with van der Waals surface area (Å²) in [6.45, 7) is 3.44. The highest BCUT2D eigenvalue weighted by molar-refractivity contribution is 9.10. The summed E-state index contributed by atoms with van der Waals surface area (Å²) in [6.07, 6.45) is 5.24. The topological polar surface area (TPSA) is 47.0 Å². The summed E-state index contributed by atoms with van der Waals surface area (Å²) in [5.41, 5.74) is 0. The molecule has 90 valence electrons. The van der Waals surface area contributed by atoms with Gasteiger partial charge in [0.1, 0.15) is 12.4 Å². The summed E-state index contributed by atoms with van der Waals surface area (Å²) in [7, 11) is 0. The molecule has 0 unspecified atom stereocenters. The normalized spacial score (nSPS) is 10.2. The van der Waals surface area contributed by atoms with Crippen LogP contribution in [0, 0.1) is 0 Å². The smallest absolute Gasteiger partial charge is 0.182 e. The van der Waals surface area contributed by atoms with Crippen LogP contribution in [0.2, 0.25) is 0 Å². The first-order chi connectivity index (χ1) is 8.28. The van der Waals surface area contributed by atoms with Gasteiger partial charge in [-0.15, -0.1) is 0 Å². The molecule has 0 spiro atoms. The third-order valence-corrected chi connectivity index (χ3v) is 3.30. The molecule has 0 atom stereocenters. The van der Waals surface area contributed by atoms with Crippen molar-refractivity contribution in [3.05, 3.63) is 34.0 Å². The van der Waals surface area contributed by atoms with E-state index in [9.17, 15) is 0 Å². The second-order valence-electron chi connectivity index (χ2n) is 3.29. The monoisotopic (exact) mass is 313 g/mol. The molecule has 2 heterocycles. The number of nitrogens with zero attached hydrogens (tertiary/aromatic N) is 2. The Morgan fingerprint density at radius 2 is 2.29 bits per heavy atom. The maximum Gasteiger partial charge on any atom is 0.182 e. The Bertz CT molecular complexity index is 489. The fraction of sp³-hybridized carbons (Fsp3) is 0.273. The highest BCUT2D eigenvalue weighted by Crippen LogP contribution is 2.21. The van der Waals surface area contributed by atoms with Crippen LogP contribution in [0.4, 0.5) is 5.13 Å². The average molecular weight is 314 g/mol. The zero-order valence-electron chi connectivity index (χ0n) is 9.31. The highest BCUT2D eigenvalue weighted by atomic mass is 79.9. The first kappa shape index (κ1) is 12.3. The molecule has 0 aliphatic carbocycles. The number of aromatic nitrogens is 2. The SMILES string of the molecule is CCNc1ncc(COc2cncc(Br)c2)s1. The van der Waals surface area contributed by atoms with Crippen LogP contribution < -0.4 is 10.1 Å². The highest BCUT2D eigenvalue weighted by Gasteiger charge is 2.02. The Balaban J connectivity index is 1.93. The molecule has 17 heavy (non-hydrogen) atoms. The predicted molar refractivity (Wildman–Crippen MR) is 72.5 cm³/mol. The van der Waals surface area contributed by atoms with Gasteiger partial charge >= 0.3 is 0 Å². The Hall–Kier alpha value is -1.14. The number of thiazole rings is 1. The number of ether oxygens (including phenoxy) is 1. The van der Waals surface area contributed by atoms with E-state index in [-0.39, 0.29) is 0 Å². The van der Waals surface area contributed by atoms with Gasteiger partial charge in [-0.1, -0.05) is 11.3 Å². The van der Waals surface area contributed by atoms with Gasteiger partial charge in [0.15, 0.2) is 5.13 Å². The molecule has 0 aromatic carbocycles. The maximum atomic E-state index is 5.61. The van der Waals surface area contributed by atoms with Crippen LogP contribution in [0.15, 0.2) is 29.1 Å². The van der Waals surface area contributed by atoms with Crippen molar-refractivity contribution in [2.45, 2.75) is 13.5 Å². The average Bonchev–Trinajstić information content (AvgIpc) is 2.75. The quantitative estimate of drug-likeness (QED) is 0.920. The van der Waals surface area contributed by atoms with E-state index < -0.39 is 0 Å². The first-order valence-electron chi connectivity index (χ1n) is 5.20. The zero-order valence-corrected chi connectivity index (χ0v) is 11.7. The molecule has 2 aromatic heterocycles. The van der Waals surface area contributed by atoms with E-state index in [0.29, 0.717) is 6.61 Å². The van der Waals surface area contributed by atoms with Gasteiger partial charge in [0.25, 0.3) is 0 Å². The van der Waals surface area contributed by atoms with Gasteiger partial charge in [-0.05, 0) is 28.9 Å². The van der Waals surface area contributed by atoms with Crippen molar-refractivity contribution in [2.75, 3.05) is 11.9 Å². The van der Waals surface area contributed by atoms with Crippen molar-refractivity contribution in [1.29, 1.82) is 0 Å². The van der Waals surface area contributed by atoms with Gasteiger partial charge in [-0.2, -0.15) is 0 Å². The molecular weight excluding hydrogens is 302 g/mol. The van der Waals surface area contributed by atoms with Crippen LogP contribution in [0.5, 0.6) is 5.75 Å². The number of anilines is 1. The largest absolute Gasteiger partial charge is 0.486 e. The molecule has 0 aliphatic rings. The van der Waals surface area contributed by atoms with E-state index >= 15 is 0 Å². The minimum absolute atomic E-state index is 0.515. The van der Waals surface area contributed by atoms with Gasteiger partial charge < -0.3 is 10.1 Å². The minimum Gasteiger partial charge on any atom is -0.486 e. The third-order valence-electron chi connectivity index (χ3n) is 1.94. The third kappa shape index (κ3) is 3.67. The Morgan fingerprint density at radius 3 is 3.06 bits per heavy atom. The molecule has 0 saturated carbocycles. The van der Waals surface area contributed by atoms with Gasteiger partial charge in [0.05, 0.1) is 11.1 Å². The van der Waals surface area contributed by atoms with Crippen molar-refractivity contribution < 1.29 is 4.74 Å². The van der Waals surface area contributed by atoms with E-state index in [0.717, 1.165) is 26.8 Å². The minimum atomic E-state index is 0.515. The lowest BCUT2D eigenvalue weighted by Crippen LogP contribution is -1.94. The molecule has 2 rings (SSSR count). The van der Waals surface area contributed by atoms with Crippen LogP contribution in [-0.4, -0.2) is 16.5 Å². The lowest BCUT2D eigenvalue weighted by molar-refractivity contribution is 0.308. The number of pyridine rings is 1. The van der Waals surface area contributed by atoms with E-state index in [1.165, 1.54) is 0 Å². The van der Waals surface area contributed by atoms with Crippen molar-refractivity contribution in [3.8, 4) is 5.75 Å². The van der Waals surface area contributed by atoms with Crippen molar-refractivity contribution >= 4 is 32.4 Å². The van der Waals surface area contributed by atoms with Crippen molar-refractivity contribution in [1.82, 2.24) is 9.97 Å². The number of hydrogen-bond donors (Lipinski definition) is 1. The summed E-state index contributed by atoms with van der Waals surface area (Å²) >= 11 is 4.95. The second-order valence-corrected chi connectivity index (χ2v) is 5.32. The Labute approximate surface area is 112 Å². The zero-order chi connectivity index (χ0) is 12.1. The molecule has 0 fully saturated rings. The number of hydrogen-bond acceptors (Lipinski definition) is 5. The standard InChI is InChI=1S/C11H12BrN3OS/c1-2-14-11-15-6-10(17-11)7-16-9-3-8(12)4-13-5-9/h3-6H,2,7H2,1H3,(H,14,15). The van der Waals surface area contributed by atoms with E-state index in [4.69, 9.17) is 4.74 Å². The molecule has 6 heteroatoms. The molecule has 0 aliphatic heterocycles. The van der Waals surface area contributed by atoms with Crippen LogP contribution in [0.25, 0.3) is 0 Å². The van der Waals surface area contributed by atoms with Crippen molar-refractivity contribution in [3.63, 3.8) is 0 Å². The predicted octanol–water partition coefficient (Wildman–Crippen LogP) is 3.31. The van der Waals surface area contributed by atoms with Crippen molar-refractivity contribution in [2.24, 2.45) is 0 Å². The van der Waals surface area contributed by atoms with Crippen LogP contribution in [0.1, 0.15) is 11.8 Å². The molecule has 1 N–H and O–H groups in total. The lowest BCUT2D eigenvalue weighted by atomic mass is 10.4. The Kier molecular flexibility index (Phi) is 4.33. The van der Waals surface area contributed by atoms with E-state index in [2.05, 4.69) is 31.2 Å². The molecule has 0 radical (unpaired) electrons.